The van der Waals surface area contributed by atoms with E-state index in [9.17, 15) is 14.4 Å². The topological polar surface area (TPSA) is 52.9 Å². The maximum Gasteiger partial charge on any atom is 0.266 e. The van der Waals surface area contributed by atoms with E-state index in [-0.39, 0.29) is 11.3 Å². The maximum absolute atomic E-state index is 13.7. The molecular weight excluding hydrogens is 455 g/mol. The highest BCUT2D eigenvalue weighted by atomic mass is 79.9. The van der Waals surface area contributed by atoms with Crippen molar-refractivity contribution in [1.29, 1.82) is 5.26 Å². The van der Waals surface area contributed by atoms with Crippen LogP contribution >= 0.6 is 27.5 Å². The van der Waals surface area contributed by atoms with Crippen LogP contribution in [0.3, 0.4) is 0 Å². The molecule has 144 valence electrons. The fourth-order valence-corrected chi connectivity index (χ4v) is 3.39. The number of nitrogens with one attached hydrogen (secondary N) is 1. The first-order valence-corrected chi connectivity index (χ1v) is 9.84. The highest BCUT2D eigenvalue weighted by molar-refractivity contribution is 9.10. The van der Waals surface area contributed by atoms with Crippen LogP contribution < -0.4 is 5.32 Å². The molecule has 3 rings (SSSR count). The van der Waals surface area contributed by atoms with Crippen LogP contribution in [0.15, 0.2) is 76.8 Å². The number of anilines is 1. The number of benzene rings is 3. The van der Waals surface area contributed by atoms with Crippen molar-refractivity contribution in [3.63, 3.8) is 0 Å². The minimum atomic E-state index is -0.689. The van der Waals surface area contributed by atoms with Gasteiger partial charge >= 0.3 is 0 Å². The minimum absolute atomic E-state index is 0.0143. The van der Waals surface area contributed by atoms with Gasteiger partial charge in [0.15, 0.2) is 0 Å². The van der Waals surface area contributed by atoms with Crippen LogP contribution in [0.5, 0.6) is 0 Å². The molecule has 0 unspecified atom stereocenters. The Balaban J connectivity index is 1.80. The Morgan fingerprint density at radius 2 is 1.83 bits per heavy atom. The highest BCUT2D eigenvalue weighted by Crippen LogP contribution is 2.26. The van der Waals surface area contributed by atoms with E-state index in [1.807, 2.05) is 36.4 Å². The van der Waals surface area contributed by atoms with Gasteiger partial charge < -0.3 is 5.32 Å². The van der Waals surface area contributed by atoms with Crippen molar-refractivity contribution < 1.29 is 9.18 Å². The van der Waals surface area contributed by atoms with Crippen molar-refractivity contribution in [3.8, 4) is 6.07 Å². The fourth-order valence-electron chi connectivity index (χ4n) is 2.71. The van der Waals surface area contributed by atoms with Crippen molar-refractivity contribution in [3.05, 3.63) is 104 Å². The number of halogens is 3. The van der Waals surface area contributed by atoms with Crippen LogP contribution in [0, 0.1) is 17.1 Å². The summed E-state index contributed by atoms with van der Waals surface area (Å²) in [5.41, 5.74) is 2.49. The summed E-state index contributed by atoms with van der Waals surface area (Å²) < 4.78 is 14.7. The molecule has 1 amide bonds. The fraction of sp³-hybridized carbons (Fsp3) is 0.0435. The second-order valence-electron chi connectivity index (χ2n) is 6.22. The van der Waals surface area contributed by atoms with Crippen molar-refractivity contribution in [2.24, 2.45) is 0 Å². The van der Waals surface area contributed by atoms with Crippen LogP contribution in [0.2, 0.25) is 5.02 Å². The molecular formula is C23H15BrClFN2O. The number of nitriles is 1. The smallest absolute Gasteiger partial charge is 0.266 e. The van der Waals surface area contributed by atoms with Gasteiger partial charge in [-0.3, -0.25) is 4.79 Å². The summed E-state index contributed by atoms with van der Waals surface area (Å²) in [4.78, 5) is 12.3. The third-order valence-electron chi connectivity index (χ3n) is 4.21. The first kappa shape index (κ1) is 20.8. The Labute approximate surface area is 181 Å². The summed E-state index contributed by atoms with van der Waals surface area (Å²) in [7, 11) is 0. The molecule has 6 heteroatoms. The zero-order chi connectivity index (χ0) is 20.8. The Kier molecular flexibility index (Phi) is 6.82. The number of carbonyl (C=O) groups is 1. The number of para-hydroxylation sites is 1. The maximum atomic E-state index is 13.7. The van der Waals surface area contributed by atoms with Gasteiger partial charge in [0, 0.05) is 15.9 Å². The van der Waals surface area contributed by atoms with E-state index in [1.54, 1.807) is 18.2 Å². The summed E-state index contributed by atoms with van der Waals surface area (Å²) in [5, 5.41) is 12.3. The number of rotatable bonds is 5. The number of carbonyl (C=O) groups excluding carboxylic acids is 1. The summed E-state index contributed by atoms with van der Waals surface area (Å²) in [6, 6.07) is 20.8. The molecule has 0 aliphatic carbocycles. The molecule has 0 saturated carbocycles. The van der Waals surface area contributed by atoms with Crippen LogP contribution in [-0.4, -0.2) is 5.91 Å². The molecule has 1 N–H and O–H groups in total. The highest BCUT2D eigenvalue weighted by Gasteiger charge is 2.12. The Hall–Kier alpha value is -2.94. The van der Waals surface area contributed by atoms with Gasteiger partial charge in [0.2, 0.25) is 0 Å². The van der Waals surface area contributed by atoms with Crippen molar-refractivity contribution in [2.75, 3.05) is 5.32 Å². The van der Waals surface area contributed by atoms with Crippen molar-refractivity contribution in [1.82, 2.24) is 0 Å². The van der Waals surface area contributed by atoms with E-state index in [0.29, 0.717) is 17.0 Å². The lowest BCUT2D eigenvalue weighted by molar-refractivity contribution is -0.112. The molecule has 3 aromatic carbocycles. The molecule has 0 atom stereocenters. The lowest BCUT2D eigenvalue weighted by Crippen LogP contribution is -2.14. The van der Waals surface area contributed by atoms with Gasteiger partial charge in [0.25, 0.3) is 5.91 Å². The molecule has 0 bridgehead atoms. The van der Waals surface area contributed by atoms with Crippen LogP contribution in [0.4, 0.5) is 10.1 Å². The van der Waals surface area contributed by atoms with E-state index < -0.39 is 11.7 Å². The number of nitrogens with zero attached hydrogens (tertiary/aromatic N) is 1. The third kappa shape index (κ3) is 5.32. The van der Waals surface area contributed by atoms with Gasteiger partial charge in [0.05, 0.1) is 5.69 Å². The second kappa shape index (κ2) is 9.51. The third-order valence-corrected chi connectivity index (χ3v) is 5.34. The molecule has 29 heavy (non-hydrogen) atoms. The SMILES string of the molecule is N#C/C(=C\c1ccc(Cc2ccccc2Br)c(Cl)c1)C(=O)Nc1ccccc1F. The summed E-state index contributed by atoms with van der Waals surface area (Å²) in [6.45, 7) is 0. The zero-order valence-corrected chi connectivity index (χ0v) is 17.5. The van der Waals surface area contributed by atoms with Gasteiger partial charge in [-0.1, -0.05) is 70.0 Å². The molecule has 0 radical (unpaired) electrons. The molecule has 3 aromatic rings. The Bertz CT molecular complexity index is 1140. The number of hydrogen-bond donors (Lipinski definition) is 1. The predicted molar refractivity (Wildman–Crippen MR) is 117 cm³/mol. The van der Waals surface area contributed by atoms with Gasteiger partial charge in [0.1, 0.15) is 17.5 Å². The molecule has 0 aromatic heterocycles. The van der Waals surface area contributed by atoms with Crippen LogP contribution in [0.25, 0.3) is 6.08 Å². The quantitative estimate of drug-likeness (QED) is 0.348. The normalized spacial score (nSPS) is 11.0. The Morgan fingerprint density at radius 3 is 2.52 bits per heavy atom. The average molecular weight is 470 g/mol. The van der Waals surface area contributed by atoms with Gasteiger partial charge in [-0.25, -0.2) is 4.39 Å². The van der Waals surface area contributed by atoms with E-state index in [2.05, 4.69) is 21.2 Å². The van der Waals surface area contributed by atoms with Crippen LogP contribution in [0.1, 0.15) is 16.7 Å². The molecule has 0 aliphatic rings. The van der Waals surface area contributed by atoms with E-state index in [0.717, 1.165) is 15.6 Å². The van der Waals surface area contributed by atoms with E-state index in [1.165, 1.54) is 24.3 Å². The van der Waals surface area contributed by atoms with Gasteiger partial charge in [-0.2, -0.15) is 5.26 Å². The Morgan fingerprint density at radius 1 is 1.10 bits per heavy atom. The van der Waals surface area contributed by atoms with Crippen LogP contribution in [-0.2, 0) is 11.2 Å². The van der Waals surface area contributed by atoms with Gasteiger partial charge in [-0.05, 0) is 47.0 Å². The standard InChI is InChI=1S/C23H15BrClFN2O/c24-19-6-2-1-5-16(19)13-17-10-9-15(12-20(17)25)11-18(14-27)23(29)28-22-8-4-3-7-21(22)26/h1-12H,13H2,(H,28,29)/b18-11+. The van der Waals surface area contributed by atoms with E-state index >= 15 is 0 Å². The molecule has 0 aliphatic heterocycles. The first-order chi connectivity index (χ1) is 14.0. The second-order valence-corrected chi connectivity index (χ2v) is 7.48. The summed E-state index contributed by atoms with van der Waals surface area (Å²) in [5.74, 6) is -1.26. The largest absolute Gasteiger partial charge is 0.319 e. The van der Waals surface area contributed by atoms with Crippen molar-refractivity contribution in [2.45, 2.75) is 6.42 Å². The first-order valence-electron chi connectivity index (χ1n) is 8.67. The van der Waals surface area contributed by atoms with Crippen molar-refractivity contribution >= 4 is 45.2 Å². The summed E-state index contributed by atoms with van der Waals surface area (Å²) >= 11 is 9.93. The summed E-state index contributed by atoms with van der Waals surface area (Å²) in [6.07, 6.45) is 2.06. The lowest BCUT2D eigenvalue weighted by atomic mass is 10.0. The molecule has 3 nitrogen and oxygen atoms in total. The zero-order valence-electron chi connectivity index (χ0n) is 15.1. The van der Waals surface area contributed by atoms with E-state index in [4.69, 9.17) is 11.6 Å². The minimum Gasteiger partial charge on any atom is -0.319 e. The molecule has 0 fully saturated rings. The average Bonchev–Trinajstić information content (AvgIpc) is 2.71. The molecule has 0 saturated heterocycles. The number of amides is 1. The lowest BCUT2D eigenvalue weighted by Gasteiger charge is -2.08. The molecule has 0 heterocycles. The predicted octanol–water partition coefficient (Wildman–Crippen LogP) is 6.38. The monoisotopic (exact) mass is 468 g/mol. The number of hydrogen-bond acceptors (Lipinski definition) is 2. The molecule has 0 spiro atoms. The van der Waals surface area contributed by atoms with Gasteiger partial charge in [-0.15, -0.1) is 0 Å².